The maximum atomic E-state index is 13.3. The third-order valence-corrected chi connectivity index (χ3v) is 5.76. The number of nitrogens with zero attached hydrogens (tertiary/aromatic N) is 2. The van der Waals surface area contributed by atoms with Crippen LogP contribution in [-0.2, 0) is 0 Å². The fraction of sp³-hybridized carbons (Fsp3) is 0.167. The number of carbonyl (C=O) groups excluding carboxylic acids is 1. The molecule has 0 saturated carbocycles. The van der Waals surface area contributed by atoms with Crippen molar-refractivity contribution in [2.24, 2.45) is 5.10 Å². The van der Waals surface area contributed by atoms with Crippen molar-refractivity contribution in [3.05, 3.63) is 94.3 Å². The molecule has 2 aliphatic rings. The third-order valence-electron chi connectivity index (χ3n) is 5.53. The van der Waals surface area contributed by atoms with Gasteiger partial charge in [0.05, 0.1) is 18.9 Å². The summed E-state index contributed by atoms with van der Waals surface area (Å²) in [6.07, 6.45) is -0.365. The molecule has 5 rings (SSSR count). The van der Waals surface area contributed by atoms with Gasteiger partial charge in [-0.1, -0.05) is 11.6 Å². The monoisotopic (exact) mass is 436 g/mol. The Balaban J connectivity index is 1.55. The zero-order chi connectivity index (χ0) is 21.5. The molecule has 0 unspecified atom stereocenters. The van der Waals surface area contributed by atoms with Gasteiger partial charge in [-0.3, -0.25) is 4.79 Å². The molecular formula is C24H18ClFN2O3. The van der Waals surface area contributed by atoms with Gasteiger partial charge in [0, 0.05) is 22.6 Å². The summed E-state index contributed by atoms with van der Waals surface area (Å²) in [5.74, 6) is 0.660. The van der Waals surface area contributed by atoms with Crippen LogP contribution in [0.2, 0.25) is 5.02 Å². The van der Waals surface area contributed by atoms with E-state index in [0.717, 1.165) is 22.6 Å². The maximum absolute atomic E-state index is 13.3. The van der Waals surface area contributed by atoms with Gasteiger partial charge in [0.2, 0.25) is 5.78 Å². The summed E-state index contributed by atoms with van der Waals surface area (Å²) in [7, 11) is 1.62. The van der Waals surface area contributed by atoms with E-state index in [1.54, 1.807) is 24.3 Å². The molecule has 0 aromatic heterocycles. The molecule has 0 radical (unpaired) electrons. The first-order valence-electron chi connectivity index (χ1n) is 9.79. The van der Waals surface area contributed by atoms with E-state index in [1.807, 2.05) is 30.3 Å². The van der Waals surface area contributed by atoms with Crippen LogP contribution < -0.4 is 9.47 Å². The highest BCUT2D eigenvalue weighted by molar-refractivity contribution is 6.30. The van der Waals surface area contributed by atoms with Crippen LogP contribution in [0.15, 0.2) is 71.8 Å². The molecular weight excluding hydrogens is 419 g/mol. The molecule has 2 heterocycles. The van der Waals surface area contributed by atoms with Crippen LogP contribution in [0.5, 0.6) is 11.5 Å². The quantitative estimate of drug-likeness (QED) is 0.525. The number of ketones is 1. The van der Waals surface area contributed by atoms with Gasteiger partial charge in [-0.15, -0.1) is 0 Å². The minimum atomic E-state index is -0.958. The largest absolute Gasteiger partial charge is 0.497 e. The second-order valence-electron chi connectivity index (χ2n) is 7.40. The third kappa shape index (κ3) is 3.53. The van der Waals surface area contributed by atoms with Crippen LogP contribution in [0.1, 0.15) is 33.9 Å². The van der Waals surface area contributed by atoms with Gasteiger partial charge in [0.15, 0.2) is 0 Å². The van der Waals surface area contributed by atoms with Crippen molar-refractivity contribution in [1.29, 1.82) is 0 Å². The van der Waals surface area contributed by atoms with Gasteiger partial charge >= 0.3 is 0 Å². The fourth-order valence-electron chi connectivity index (χ4n) is 3.95. The van der Waals surface area contributed by atoms with Crippen LogP contribution in [0, 0.1) is 5.82 Å². The second kappa shape index (κ2) is 7.71. The van der Waals surface area contributed by atoms with Crippen molar-refractivity contribution >= 4 is 23.1 Å². The minimum absolute atomic E-state index is 0.200. The van der Waals surface area contributed by atoms with Gasteiger partial charge in [0.1, 0.15) is 17.3 Å². The topological polar surface area (TPSA) is 51.1 Å². The molecule has 2 aliphatic heterocycles. The highest BCUT2D eigenvalue weighted by atomic mass is 35.5. The van der Waals surface area contributed by atoms with Gasteiger partial charge in [-0.25, -0.2) is 9.40 Å². The van der Waals surface area contributed by atoms with E-state index in [1.165, 1.54) is 24.3 Å². The molecule has 0 spiro atoms. The lowest BCUT2D eigenvalue weighted by atomic mass is 9.95. The molecule has 0 fully saturated rings. The Morgan fingerprint density at radius 1 is 1.13 bits per heavy atom. The molecule has 0 aliphatic carbocycles. The van der Waals surface area contributed by atoms with E-state index in [4.69, 9.17) is 26.2 Å². The highest BCUT2D eigenvalue weighted by Crippen LogP contribution is 2.44. The Morgan fingerprint density at radius 2 is 1.87 bits per heavy atom. The summed E-state index contributed by atoms with van der Waals surface area (Å²) in [4.78, 5) is 13.3. The molecule has 3 aromatic rings. The lowest BCUT2D eigenvalue weighted by Gasteiger charge is -2.37. The van der Waals surface area contributed by atoms with E-state index in [9.17, 15) is 9.18 Å². The molecule has 5 nitrogen and oxygen atoms in total. The van der Waals surface area contributed by atoms with E-state index in [0.29, 0.717) is 22.8 Å². The van der Waals surface area contributed by atoms with E-state index < -0.39 is 12.0 Å². The van der Waals surface area contributed by atoms with Crippen molar-refractivity contribution in [2.45, 2.75) is 18.7 Å². The molecule has 0 amide bonds. The highest BCUT2D eigenvalue weighted by Gasteiger charge is 2.43. The number of hydrogen-bond acceptors (Lipinski definition) is 5. The number of hydrazone groups is 1. The number of halogens is 2. The Morgan fingerprint density at radius 3 is 2.58 bits per heavy atom. The van der Waals surface area contributed by atoms with Crippen LogP contribution in [0.25, 0.3) is 0 Å². The predicted octanol–water partition coefficient (Wildman–Crippen LogP) is 5.24. The van der Waals surface area contributed by atoms with Crippen LogP contribution in [0.3, 0.4) is 0 Å². The van der Waals surface area contributed by atoms with Crippen molar-refractivity contribution in [1.82, 2.24) is 5.01 Å². The average molecular weight is 437 g/mol. The number of methoxy groups -OCH3 is 1. The van der Waals surface area contributed by atoms with Gasteiger partial charge in [0.25, 0.3) is 6.23 Å². The van der Waals surface area contributed by atoms with Crippen LogP contribution in [0.4, 0.5) is 4.39 Å². The first-order valence-corrected chi connectivity index (χ1v) is 10.2. The molecule has 0 N–H and O–H groups in total. The van der Waals surface area contributed by atoms with Gasteiger partial charge < -0.3 is 9.47 Å². The summed E-state index contributed by atoms with van der Waals surface area (Å²) in [6, 6.07) is 18.2. The first kappa shape index (κ1) is 19.6. The average Bonchev–Trinajstić information content (AvgIpc) is 3.24. The molecule has 2 atom stereocenters. The van der Waals surface area contributed by atoms with Crippen molar-refractivity contribution in [3.63, 3.8) is 0 Å². The zero-order valence-electron chi connectivity index (χ0n) is 16.6. The molecule has 156 valence electrons. The summed E-state index contributed by atoms with van der Waals surface area (Å²) in [5, 5.41) is 7.03. The van der Waals surface area contributed by atoms with Crippen molar-refractivity contribution in [2.75, 3.05) is 7.11 Å². The smallest absolute Gasteiger partial charge is 0.251 e. The number of benzene rings is 3. The maximum Gasteiger partial charge on any atom is 0.251 e. The number of ether oxygens (including phenoxy) is 2. The number of fused-ring (bicyclic) bond motifs is 3. The lowest BCUT2D eigenvalue weighted by molar-refractivity contribution is -0.00455. The molecule has 3 aromatic carbocycles. The number of hydrogen-bond donors (Lipinski definition) is 0. The number of Topliss-reactive ketones (excluding diaryl/α,β-unsaturated/α-hetero) is 1. The van der Waals surface area contributed by atoms with E-state index >= 15 is 0 Å². The Labute approximate surface area is 183 Å². The zero-order valence-corrected chi connectivity index (χ0v) is 17.3. The second-order valence-corrected chi connectivity index (χ2v) is 7.84. The fourth-order valence-corrected chi connectivity index (χ4v) is 4.13. The summed E-state index contributed by atoms with van der Waals surface area (Å²) < 4.78 is 24.6. The Kier molecular flexibility index (Phi) is 4.87. The first-order chi connectivity index (χ1) is 15.0. The van der Waals surface area contributed by atoms with E-state index in [-0.39, 0.29) is 11.8 Å². The molecule has 7 heteroatoms. The van der Waals surface area contributed by atoms with Crippen LogP contribution >= 0.6 is 11.6 Å². The summed E-state index contributed by atoms with van der Waals surface area (Å²) in [5.41, 5.74) is 3.01. The summed E-state index contributed by atoms with van der Waals surface area (Å²) >= 11 is 6.24. The Bertz CT molecular complexity index is 1180. The summed E-state index contributed by atoms with van der Waals surface area (Å²) in [6.45, 7) is 0. The lowest BCUT2D eigenvalue weighted by Crippen LogP contribution is -2.45. The number of rotatable bonds is 4. The predicted molar refractivity (Wildman–Crippen MR) is 115 cm³/mol. The molecule has 31 heavy (non-hydrogen) atoms. The molecule has 0 bridgehead atoms. The molecule has 0 saturated heterocycles. The SMILES string of the molecule is COc1ccc(C2=NN3[C@@H](C(=O)c4ccc(F)cc4)Oc4ccc(Cl)cc4[C@@H]3C2)cc1. The van der Waals surface area contributed by atoms with Crippen molar-refractivity contribution < 1.29 is 18.7 Å². The van der Waals surface area contributed by atoms with Crippen LogP contribution in [-0.4, -0.2) is 29.8 Å². The minimum Gasteiger partial charge on any atom is -0.497 e. The van der Waals surface area contributed by atoms with Gasteiger partial charge in [-0.05, 0) is 72.3 Å². The van der Waals surface area contributed by atoms with E-state index in [2.05, 4.69) is 0 Å². The Hall–Kier alpha value is -3.38. The standard InChI is InChI=1S/C24H18ClFN2O3/c1-30-18-9-4-14(5-10-18)20-13-21-19-12-16(25)6-11-22(19)31-24(28(21)27-20)23(29)15-2-7-17(26)8-3-15/h2-12,21,24H,13H2,1H3/t21-,24+/m0/s1. The van der Waals surface area contributed by atoms with Crippen molar-refractivity contribution in [3.8, 4) is 11.5 Å². The normalized spacial score (nSPS) is 19.2. The van der Waals surface area contributed by atoms with Gasteiger partial charge in [-0.2, -0.15) is 5.10 Å². The number of carbonyl (C=O) groups is 1.